The smallest absolute Gasteiger partial charge is 0.303 e. The largest absolute Gasteiger partial charge is 0.456 e. The second-order valence-electron chi connectivity index (χ2n) is 15.7. The van der Waals surface area contributed by atoms with E-state index in [2.05, 4.69) is 5.32 Å². The highest BCUT2D eigenvalue weighted by Crippen LogP contribution is 2.36. The van der Waals surface area contributed by atoms with Crippen molar-refractivity contribution in [2.75, 3.05) is 13.2 Å². The number of hydrogen-bond donors (Lipinski definition) is 1. The molecule has 18 heteroatoms. The van der Waals surface area contributed by atoms with Crippen LogP contribution < -0.4 is 5.32 Å². The SMILES string of the molecule is CC(=O)N[C@H]1[C@@H](OCc2ccccc2)O[C@H](COCc2ccccc2)[C@@H](O[C@@H]2O[C@H](COS(=O)(=O)c3ccc(C)cc3)[C@@H](OC(C)=O)[C@H](OC(C)=O)[C@H]2OC(C)=O)[C@@H]1OCc1ccccc1. The fourth-order valence-corrected chi connectivity index (χ4v) is 8.42. The van der Waals surface area contributed by atoms with Crippen LogP contribution in [0.15, 0.2) is 120 Å². The summed E-state index contributed by atoms with van der Waals surface area (Å²) in [5, 5.41) is 2.92. The molecule has 4 aromatic rings. The summed E-state index contributed by atoms with van der Waals surface area (Å²) in [6.45, 7) is 5.66. The number of carbonyl (C=O) groups is 4. The summed E-state index contributed by atoms with van der Waals surface area (Å²) in [4.78, 5) is 51.2. The maximum atomic E-state index is 13.5. The Morgan fingerprint density at radius 3 is 1.58 bits per heavy atom. The standard InChI is InChI=1S/C48H55NO16S/c1-30-21-23-38(24-22-30)66(54,55)59-29-40-43(60-32(3)51)45(61-33(4)52)46(62-34(5)53)48(64-40)65-42-39(28-56-25-35-15-9-6-10-16-35)63-47(58-27-37-19-13-8-14-20-37)41(49-31(2)50)44(42)57-26-36-17-11-7-12-18-36/h6-24,39-48H,25-29H2,1-5H3,(H,49,50)/t39-,40-,41-,42-,43-,44-,45+,46-,47+,48+/m1/s1. The first-order valence-electron chi connectivity index (χ1n) is 21.3. The van der Waals surface area contributed by atoms with Gasteiger partial charge in [-0.05, 0) is 35.7 Å². The van der Waals surface area contributed by atoms with Crippen LogP contribution in [-0.4, -0.2) is 107 Å². The third kappa shape index (κ3) is 14.2. The third-order valence-corrected chi connectivity index (χ3v) is 11.7. The Bertz CT molecular complexity index is 2300. The lowest BCUT2D eigenvalue weighted by atomic mass is 9.94. The fraction of sp³-hybridized carbons (Fsp3) is 0.417. The van der Waals surface area contributed by atoms with Gasteiger partial charge in [0, 0.05) is 27.7 Å². The van der Waals surface area contributed by atoms with E-state index in [1.54, 1.807) is 19.1 Å². The zero-order chi connectivity index (χ0) is 47.2. The molecule has 2 aliphatic rings. The number of benzene rings is 4. The van der Waals surface area contributed by atoms with Crippen molar-refractivity contribution in [1.82, 2.24) is 5.32 Å². The van der Waals surface area contributed by atoms with E-state index in [0.717, 1.165) is 43.0 Å². The van der Waals surface area contributed by atoms with E-state index in [-0.39, 0.29) is 31.3 Å². The first-order valence-corrected chi connectivity index (χ1v) is 22.7. The molecule has 2 heterocycles. The topological polar surface area (TPSA) is 207 Å². The number of esters is 3. The summed E-state index contributed by atoms with van der Waals surface area (Å²) in [7, 11) is -4.45. The van der Waals surface area contributed by atoms with Gasteiger partial charge in [-0.2, -0.15) is 8.42 Å². The molecule has 2 aliphatic heterocycles. The molecule has 66 heavy (non-hydrogen) atoms. The summed E-state index contributed by atoms with van der Waals surface area (Å²) in [5.41, 5.74) is 3.23. The van der Waals surface area contributed by atoms with Crippen molar-refractivity contribution in [2.45, 2.75) is 121 Å². The van der Waals surface area contributed by atoms with E-state index in [1.807, 2.05) is 91.0 Å². The van der Waals surface area contributed by atoms with E-state index in [1.165, 1.54) is 19.1 Å². The molecule has 0 saturated carbocycles. The number of ether oxygens (including phenoxy) is 9. The molecule has 10 atom stereocenters. The van der Waals surface area contributed by atoms with Crippen LogP contribution in [0.5, 0.6) is 0 Å². The quantitative estimate of drug-likeness (QED) is 0.0714. The Morgan fingerprint density at radius 2 is 1.03 bits per heavy atom. The van der Waals surface area contributed by atoms with Crippen LogP contribution in [0, 0.1) is 6.92 Å². The van der Waals surface area contributed by atoms with Crippen LogP contribution >= 0.6 is 0 Å². The van der Waals surface area contributed by atoms with Crippen molar-refractivity contribution in [1.29, 1.82) is 0 Å². The number of aryl methyl sites for hydroxylation is 1. The molecule has 0 aromatic heterocycles. The average Bonchev–Trinajstić information content (AvgIpc) is 3.28. The van der Waals surface area contributed by atoms with Gasteiger partial charge < -0.3 is 47.9 Å². The molecular weight excluding hydrogens is 879 g/mol. The molecule has 4 aromatic carbocycles. The summed E-state index contributed by atoms with van der Waals surface area (Å²) >= 11 is 0. The van der Waals surface area contributed by atoms with Crippen LogP contribution in [-0.2, 0) is 95.9 Å². The Balaban J connectivity index is 1.42. The highest BCUT2D eigenvalue weighted by molar-refractivity contribution is 7.86. The van der Waals surface area contributed by atoms with Crippen molar-refractivity contribution in [2.24, 2.45) is 0 Å². The first-order chi connectivity index (χ1) is 31.7. The maximum Gasteiger partial charge on any atom is 0.303 e. The van der Waals surface area contributed by atoms with E-state index < -0.39 is 102 Å². The minimum absolute atomic E-state index is 0.00127. The van der Waals surface area contributed by atoms with Crippen molar-refractivity contribution in [3.05, 3.63) is 138 Å². The number of amides is 1. The Hall–Kier alpha value is -5.57. The minimum Gasteiger partial charge on any atom is -0.456 e. The van der Waals surface area contributed by atoms with Gasteiger partial charge in [0.1, 0.15) is 30.5 Å². The van der Waals surface area contributed by atoms with Crippen molar-refractivity contribution in [3.63, 3.8) is 0 Å². The normalized spacial score (nSPS) is 25.3. The van der Waals surface area contributed by atoms with Gasteiger partial charge in [-0.3, -0.25) is 23.4 Å². The fourth-order valence-electron chi connectivity index (χ4n) is 7.50. The number of nitrogens with one attached hydrogen (secondary N) is 1. The second kappa shape index (κ2) is 23.7. The lowest BCUT2D eigenvalue weighted by Gasteiger charge is -2.49. The van der Waals surface area contributed by atoms with Crippen LogP contribution in [0.4, 0.5) is 0 Å². The van der Waals surface area contributed by atoms with Gasteiger partial charge >= 0.3 is 17.9 Å². The van der Waals surface area contributed by atoms with Crippen LogP contribution in [0.25, 0.3) is 0 Å². The molecule has 0 spiro atoms. The molecule has 2 fully saturated rings. The summed E-state index contributed by atoms with van der Waals surface area (Å²) in [5.74, 6) is -3.06. The van der Waals surface area contributed by atoms with Gasteiger partial charge in [-0.1, -0.05) is 109 Å². The molecular formula is C48H55NO16S. The van der Waals surface area contributed by atoms with Crippen molar-refractivity contribution in [3.8, 4) is 0 Å². The molecule has 6 rings (SSSR count). The number of carbonyl (C=O) groups excluding carboxylic acids is 4. The predicted molar refractivity (Wildman–Crippen MR) is 233 cm³/mol. The zero-order valence-corrected chi connectivity index (χ0v) is 38.0. The molecule has 2 saturated heterocycles. The Morgan fingerprint density at radius 1 is 0.545 bits per heavy atom. The average molecular weight is 934 g/mol. The second-order valence-corrected chi connectivity index (χ2v) is 17.4. The zero-order valence-electron chi connectivity index (χ0n) is 37.2. The van der Waals surface area contributed by atoms with Gasteiger partial charge in [0.05, 0.1) is 37.9 Å². The molecule has 1 N–H and O–H groups in total. The van der Waals surface area contributed by atoms with Crippen molar-refractivity contribution < 1.29 is 74.4 Å². The summed E-state index contributed by atoms with van der Waals surface area (Å²) in [6, 6.07) is 32.8. The lowest BCUT2D eigenvalue weighted by Crippen LogP contribution is -2.69. The molecule has 0 radical (unpaired) electrons. The maximum absolute atomic E-state index is 13.5. The predicted octanol–water partition coefficient (Wildman–Crippen LogP) is 4.85. The van der Waals surface area contributed by atoms with E-state index in [0.29, 0.717) is 0 Å². The lowest BCUT2D eigenvalue weighted by molar-refractivity contribution is -0.354. The number of hydrogen-bond acceptors (Lipinski definition) is 16. The monoisotopic (exact) mass is 933 g/mol. The highest BCUT2D eigenvalue weighted by Gasteiger charge is 2.56. The van der Waals surface area contributed by atoms with Gasteiger partial charge in [-0.25, -0.2) is 0 Å². The molecule has 354 valence electrons. The van der Waals surface area contributed by atoms with Gasteiger partial charge in [0.15, 0.2) is 30.9 Å². The summed E-state index contributed by atoms with van der Waals surface area (Å²) < 4.78 is 88.9. The van der Waals surface area contributed by atoms with E-state index >= 15 is 0 Å². The Kier molecular flexibility index (Phi) is 17.9. The van der Waals surface area contributed by atoms with Gasteiger partial charge in [-0.15, -0.1) is 0 Å². The van der Waals surface area contributed by atoms with E-state index in [4.69, 9.17) is 46.8 Å². The number of rotatable bonds is 20. The summed E-state index contributed by atoms with van der Waals surface area (Å²) in [6.07, 6.45) is -12.9. The van der Waals surface area contributed by atoms with Crippen LogP contribution in [0.1, 0.15) is 49.9 Å². The molecule has 1 amide bonds. The molecule has 0 unspecified atom stereocenters. The molecule has 0 aliphatic carbocycles. The molecule has 17 nitrogen and oxygen atoms in total. The van der Waals surface area contributed by atoms with Crippen LogP contribution in [0.3, 0.4) is 0 Å². The van der Waals surface area contributed by atoms with Gasteiger partial charge in [0.2, 0.25) is 5.91 Å². The van der Waals surface area contributed by atoms with Crippen LogP contribution in [0.2, 0.25) is 0 Å². The van der Waals surface area contributed by atoms with E-state index in [9.17, 15) is 27.6 Å². The first kappa shape index (κ1) is 49.9. The highest BCUT2D eigenvalue weighted by atomic mass is 32.2. The molecule has 0 bridgehead atoms. The van der Waals surface area contributed by atoms with Crippen molar-refractivity contribution >= 4 is 33.9 Å². The van der Waals surface area contributed by atoms with Gasteiger partial charge in [0.25, 0.3) is 10.1 Å². The third-order valence-electron chi connectivity index (χ3n) is 10.4. The minimum atomic E-state index is -4.45. The Labute approximate surface area is 384 Å².